The summed E-state index contributed by atoms with van der Waals surface area (Å²) in [5.41, 5.74) is 31.5. The van der Waals surface area contributed by atoms with Crippen molar-refractivity contribution in [1.29, 1.82) is 5.41 Å². The van der Waals surface area contributed by atoms with Crippen molar-refractivity contribution in [2.45, 2.75) is 204 Å². The van der Waals surface area contributed by atoms with Gasteiger partial charge in [0.05, 0.1) is 6.04 Å². The number of nitrogens with zero attached hydrogens (tertiary/aromatic N) is 1. The smallest absolute Gasteiger partial charge is 0.326 e. The Labute approximate surface area is 580 Å². The zero-order valence-electron chi connectivity index (χ0n) is 58.2. The number of para-hydroxylation sites is 1. The number of H-pyrrole nitrogens is 1. The summed E-state index contributed by atoms with van der Waals surface area (Å²) in [5.74, 6) is -9.59. The van der Waals surface area contributed by atoms with E-state index in [4.69, 9.17) is 34.1 Å². The molecule has 0 spiro atoms. The number of phenols is 1. The van der Waals surface area contributed by atoms with Gasteiger partial charge in [0.15, 0.2) is 5.96 Å². The number of carboxylic acid groups (broad SMARTS) is 1. The Hall–Kier alpha value is -9.19. The van der Waals surface area contributed by atoms with Gasteiger partial charge in [0, 0.05) is 50.0 Å². The maximum atomic E-state index is 14.9. The number of hydrogen-bond acceptors (Lipinski definition) is 16. The second-order valence-corrected chi connectivity index (χ2v) is 25.8. The quantitative estimate of drug-likeness (QED) is 0.0168. The van der Waals surface area contributed by atoms with Gasteiger partial charge >= 0.3 is 5.97 Å². The van der Waals surface area contributed by atoms with E-state index in [1.807, 2.05) is 31.2 Å². The highest BCUT2D eigenvalue weighted by atomic mass is 16.4. The first kappa shape index (κ1) is 82.2. The van der Waals surface area contributed by atoms with Crippen LogP contribution < -0.4 is 76.5 Å². The number of aliphatic carboxylic acids is 1. The summed E-state index contributed by atoms with van der Waals surface area (Å²) >= 11 is 0. The van der Waals surface area contributed by atoms with Crippen LogP contribution in [0, 0.1) is 17.2 Å². The number of phenolic OH excluding ortho intramolecular Hbond substituents is 1. The van der Waals surface area contributed by atoms with Gasteiger partial charge < -0.3 is 96.6 Å². The molecule has 0 saturated carbocycles. The molecule has 29 nitrogen and oxygen atoms in total. The van der Waals surface area contributed by atoms with Crippen LogP contribution in [0.2, 0.25) is 0 Å². The molecule has 1 aromatic heterocycles. The number of carboxylic acids is 1. The Bertz CT molecular complexity index is 3240. The third-order valence-electron chi connectivity index (χ3n) is 17.1. The zero-order chi connectivity index (χ0) is 73.1. The van der Waals surface area contributed by atoms with Gasteiger partial charge in [0.25, 0.3) is 0 Å². The average molecular weight is 1380 g/mol. The number of nitrogens with one attached hydrogen (secondary N) is 11. The predicted molar refractivity (Wildman–Crippen MR) is 379 cm³/mol. The summed E-state index contributed by atoms with van der Waals surface area (Å²) in [6, 6.07) is 9.24. The minimum atomic E-state index is -1.44. The van der Waals surface area contributed by atoms with Crippen LogP contribution in [0.4, 0.5) is 0 Å². The van der Waals surface area contributed by atoms with Crippen LogP contribution in [0.3, 0.4) is 0 Å². The van der Waals surface area contributed by atoms with E-state index in [-0.39, 0.29) is 76.2 Å². The van der Waals surface area contributed by atoms with Gasteiger partial charge in [-0.1, -0.05) is 115 Å². The normalized spacial score (nSPS) is 14.3. The monoisotopic (exact) mass is 1380 g/mol. The third kappa shape index (κ3) is 27.9. The van der Waals surface area contributed by atoms with E-state index in [1.165, 1.54) is 24.1 Å². The Morgan fingerprint density at radius 2 is 0.939 bits per heavy atom. The number of hydrogen-bond donors (Lipinski definition) is 18. The second kappa shape index (κ2) is 43.3. The number of carbonyl (C=O) groups is 10. The number of guanidine groups is 1. The average Bonchev–Trinajstić information content (AvgIpc) is 1.74. The molecule has 0 unspecified atom stereocenters. The Kier molecular flexibility index (Phi) is 35.9. The lowest BCUT2D eigenvalue weighted by atomic mass is 9.97. The van der Waals surface area contributed by atoms with Gasteiger partial charge in [-0.2, -0.15) is 0 Å². The van der Waals surface area contributed by atoms with E-state index in [0.29, 0.717) is 87.6 Å². The maximum absolute atomic E-state index is 14.9. The van der Waals surface area contributed by atoms with Crippen LogP contribution in [0.1, 0.15) is 141 Å². The topological polar surface area (TPSA) is 492 Å². The van der Waals surface area contributed by atoms with Gasteiger partial charge in [0.2, 0.25) is 53.2 Å². The molecule has 9 amide bonds. The lowest BCUT2D eigenvalue weighted by molar-refractivity contribution is -0.142. The van der Waals surface area contributed by atoms with E-state index >= 15 is 0 Å². The van der Waals surface area contributed by atoms with Crippen molar-refractivity contribution in [3.8, 4) is 5.75 Å². The Morgan fingerprint density at radius 3 is 1.47 bits per heavy atom. The molecule has 0 bridgehead atoms. The fourth-order valence-corrected chi connectivity index (χ4v) is 11.3. The van der Waals surface area contributed by atoms with Crippen LogP contribution in [0.5, 0.6) is 5.75 Å². The lowest BCUT2D eigenvalue weighted by Crippen LogP contribution is -2.62. The summed E-state index contributed by atoms with van der Waals surface area (Å²) in [6.07, 6.45) is 6.34. The highest BCUT2D eigenvalue weighted by Crippen LogP contribution is 2.21. The van der Waals surface area contributed by atoms with Crippen LogP contribution in [0.15, 0.2) is 85.1 Å². The first-order valence-electron chi connectivity index (χ1n) is 34.5. The molecule has 0 fully saturated rings. The van der Waals surface area contributed by atoms with Crippen molar-refractivity contribution >= 4 is 76.0 Å². The maximum Gasteiger partial charge on any atom is 0.326 e. The van der Waals surface area contributed by atoms with Gasteiger partial charge in [-0.3, -0.25) is 48.6 Å². The molecular weight excluding hydrogens is 1270 g/mol. The SMILES string of the molecule is CCCC[C@H](NC(=O)[C@@H](NC(=O)[C@@H](NC(=O)[C@H](Cc1ccc(O)cc1)NC(=O)[C@H](Cc1ccccc1)NC(=O)[C@H](CCCNC(=N)N)N(C)C(=O)[C@H](N)CCCCN)C(C)C)C(C)C)C(=O)N[C@@H](Cc1c[nH]c2ccccc12)C(=O)N[C@@H](CCCCN)C(=O)N[C@H](CCCCN)C(=O)O. The Balaban J connectivity index is 1.65. The van der Waals surface area contributed by atoms with Crippen molar-refractivity contribution in [1.82, 2.24) is 57.7 Å². The molecule has 0 saturated heterocycles. The molecule has 99 heavy (non-hydrogen) atoms. The molecule has 0 aliphatic heterocycles. The van der Waals surface area contributed by atoms with Crippen LogP contribution in [-0.4, -0.2) is 179 Å². The fraction of sp³-hybridized carbons (Fsp3) is 0.557. The van der Waals surface area contributed by atoms with Crippen molar-refractivity contribution in [2.24, 2.45) is 40.5 Å². The van der Waals surface area contributed by atoms with Crippen molar-refractivity contribution < 1.29 is 58.2 Å². The van der Waals surface area contributed by atoms with Crippen LogP contribution in [0.25, 0.3) is 10.9 Å². The highest BCUT2D eigenvalue weighted by molar-refractivity contribution is 5.99. The molecule has 4 aromatic rings. The number of unbranched alkanes of at least 4 members (excludes halogenated alkanes) is 4. The van der Waals surface area contributed by atoms with Gasteiger partial charge in [0.1, 0.15) is 60.1 Å². The number of nitrogens with two attached hydrogens (primary N) is 5. The number of aromatic hydroxyl groups is 1. The minimum absolute atomic E-state index is 0.0641. The number of benzene rings is 3. The molecule has 3 aromatic carbocycles. The molecule has 1 heterocycles. The van der Waals surface area contributed by atoms with E-state index in [0.717, 1.165) is 10.9 Å². The third-order valence-corrected chi connectivity index (χ3v) is 17.1. The number of amides is 9. The molecule has 0 radical (unpaired) electrons. The fourth-order valence-electron chi connectivity index (χ4n) is 11.3. The van der Waals surface area contributed by atoms with E-state index in [2.05, 4.69) is 52.8 Å². The molecular formula is C70H109N17O12. The molecule has 0 aliphatic carbocycles. The predicted octanol–water partition coefficient (Wildman–Crippen LogP) is 1.17. The highest BCUT2D eigenvalue weighted by Gasteiger charge is 2.38. The second-order valence-electron chi connectivity index (χ2n) is 25.8. The standard InChI is InChI=1S/C70H109N17O12/c1-7-8-25-51(61(90)83-56(40-46-41-78-50-26-13-12-23-48(46)50)63(92)79-52(27-15-18-35-72)60(89)81-53(69(98)99)28-16-19-36-73)80-66(95)58(42(2)3)86-67(96)59(43(4)5)85-64(93)55(39-45-30-32-47(88)33-31-45)82-62(91)54(38-44-21-10-9-11-22-44)84-65(94)57(29-20-37-77-70(75)76)87(6)68(97)49(74)24-14-17-34-71/h9-13,21-23,26,30-33,41-43,49,51-59,78,88H,7-8,14-20,24-25,27-29,34-40,71-74H2,1-6H3,(H,79,92)(H,80,95)(H,81,89)(H,82,91)(H,83,90)(H,84,94)(H,85,93)(H,86,96)(H,98,99)(H4,75,76,77)/t49-,51+,52+,53-,54+,55+,56+,57+,58+,59+/m1/s1. The summed E-state index contributed by atoms with van der Waals surface area (Å²) in [7, 11) is 1.44. The van der Waals surface area contributed by atoms with Crippen molar-refractivity contribution in [2.75, 3.05) is 33.2 Å². The molecule has 4 rings (SSSR count). The van der Waals surface area contributed by atoms with E-state index < -0.39 is 131 Å². The zero-order valence-corrected chi connectivity index (χ0v) is 58.2. The lowest BCUT2D eigenvalue weighted by Gasteiger charge is -2.32. The summed E-state index contributed by atoms with van der Waals surface area (Å²) in [5, 5.41) is 53.5. The number of aromatic amines is 1. The molecule has 23 N–H and O–H groups in total. The number of likely N-dealkylation sites (N-methyl/N-ethyl adjacent to an activating group) is 1. The van der Waals surface area contributed by atoms with Gasteiger partial charge in [-0.05, 0) is 137 Å². The first-order chi connectivity index (χ1) is 47.2. The summed E-state index contributed by atoms with van der Waals surface area (Å²) in [6.45, 7) is 9.76. The number of rotatable bonds is 46. The molecule has 29 heteroatoms. The minimum Gasteiger partial charge on any atom is -0.508 e. The van der Waals surface area contributed by atoms with E-state index in [1.54, 1.807) is 76.4 Å². The number of carbonyl (C=O) groups excluding carboxylic acids is 9. The van der Waals surface area contributed by atoms with Gasteiger partial charge in [-0.25, -0.2) is 4.79 Å². The summed E-state index contributed by atoms with van der Waals surface area (Å²) in [4.78, 5) is 148. The van der Waals surface area contributed by atoms with Crippen molar-refractivity contribution in [3.63, 3.8) is 0 Å². The molecule has 0 aliphatic rings. The molecule has 10 atom stereocenters. The van der Waals surface area contributed by atoms with Crippen LogP contribution >= 0.6 is 0 Å². The van der Waals surface area contributed by atoms with Crippen molar-refractivity contribution in [3.05, 3.63) is 102 Å². The largest absolute Gasteiger partial charge is 0.508 e. The first-order valence-corrected chi connectivity index (χ1v) is 34.5. The summed E-state index contributed by atoms with van der Waals surface area (Å²) < 4.78 is 0. The number of fused-ring (bicyclic) bond motifs is 1. The van der Waals surface area contributed by atoms with Crippen LogP contribution in [-0.2, 0) is 67.2 Å². The number of aromatic nitrogens is 1. The Morgan fingerprint density at radius 1 is 0.505 bits per heavy atom. The van der Waals surface area contributed by atoms with E-state index in [9.17, 15) is 58.2 Å². The van der Waals surface area contributed by atoms with Gasteiger partial charge in [-0.15, -0.1) is 0 Å². The molecule has 546 valence electrons.